The van der Waals surface area contributed by atoms with Crippen LogP contribution in [0.1, 0.15) is 39.3 Å². The summed E-state index contributed by atoms with van der Waals surface area (Å²) in [4.78, 5) is 33.8. The number of para-hydroxylation sites is 1. The van der Waals surface area contributed by atoms with E-state index in [0.717, 1.165) is 0 Å². The van der Waals surface area contributed by atoms with Crippen molar-refractivity contribution in [1.29, 1.82) is 0 Å². The number of carboxylic acids is 1. The van der Waals surface area contributed by atoms with Gasteiger partial charge in [-0.1, -0.05) is 24.3 Å². The predicted octanol–water partition coefficient (Wildman–Crippen LogP) is 3.21. The molecule has 0 aromatic heterocycles. The third-order valence-corrected chi connectivity index (χ3v) is 3.23. The first kappa shape index (κ1) is 16.2. The molecule has 0 saturated heterocycles. The summed E-state index contributed by atoms with van der Waals surface area (Å²) in [6.45, 7) is 1.49. The van der Waals surface area contributed by atoms with Gasteiger partial charge in [0.15, 0.2) is 0 Å². The number of carboxylic acid groups (broad SMARTS) is 1. The van der Waals surface area contributed by atoms with E-state index in [-0.39, 0.29) is 22.4 Å². The highest BCUT2D eigenvalue weighted by Crippen LogP contribution is 2.28. The molecule has 2 rings (SSSR count). The molecule has 0 aliphatic heterocycles. The summed E-state index contributed by atoms with van der Waals surface area (Å²) >= 11 is 0. The van der Waals surface area contributed by atoms with Crippen molar-refractivity contribution in [3.8, 4) is 0 Å². The lowest BCUT2D eigenvalue weighted by atomic mass is 10.1. The maximum absolute atomic E-state index is 12.2. The zero-order valence-electron chi connectivity index (χ0n) is 12.1. The van der Waals surface area contributed by atoms with Gasteiger partial charge in [-0.2, -0.15) is 0 Å². The molecule has 0 heterocycles. The second-order valence-corrected chi connectivity index (χ2v) is 4.71. The summed E-state index contributed by atoms with van der Waals surface area (Å²) in [7, 11) is 0. The van der Waals surface area contributed by atoms with Crippen molar-refractivity contribution in [2.75, 3.05) is 0 Å². The van der Waals surface area contributed by atoms with Crippen LogP contribution >= 0.6 is 0 Å². The molecule has 0 unspecified atom stereocenters. The number of carbonyl (C=O) groups is 2. The van der Waals surface area contributed by atoms with Crippen molar-refractivity contribution < 1.29 is 24.4 Å². The van der Waals surface area contributed by atoms with Crippen molar-refractivity contribution in [2.45, 2.75) is 13.0 Å². The molecule has 1 N–H and O–H groups in total. The zero-order valence-corrected chi connectivity index (χ0v) is 12.1. The molecule has 0 fully saturated rings. The van der Waals surface area contributed by atoms with Crippen molar-refractivity contribution in [2.24, 2.45) is 0 Å². The average Bonchev–Trinajstić information content (AvgIpc) is 2.54. The fourth-order valence-electron chi connectivity index (χ4n) is 2.13. The van der Waals surface area contributed by atoms with Crippen molar-refractivity contribution in [1.82, 2.24) is 0 Å². The molecule has 0 radical (unpaired) electrons. The molecule has 23 heavy (non-hydrogen) atoms. The number of hydrogen-bond acceptors (Lipinski definition) is 5. The van der Waals surface area contributed by atoms with Gasteiger partial charge < -0.3 is 9.84 Å². The van der Waals surface area contributed by atoms with Gasteiger partial charge in [0, 0.05) is 6.07 Å². The minimum absolute atomic E-state index is 0.106. The van der Waals surface area contributed by atoms with E-state index in [1.807, 2.05) is 0 Å². The fraction of sp³-hybridized carbons (Fsp3) is 0.125. The highest BCUT2D eigenvalue weighted by molar-refractivity contribution is 6.02. The SMILES string of the molecule is C[C@H](OC(=O)c1ccccc1C(=O)O)c1ccccc1[N+](=O)[O-]. The van der Waals surface area contributed by atoms with Crippen LogP contribution in [0, 0.1) is 10.1 Å². The van der Waals surface area contributed by atoms with Gasteiger partial charge in [0.2, 0.25) is 0 Å². The number of rotatable bonds is 5. The van der Waals surface area contributed by atoms with Crippen LogP contribution in [-0.2, 0) is 4.74 Å². The normalized spacial score (nSPS) is 11.5. The van der Waals surface area contributed by atoms with Crippen LogP contribution < -0.4 is 0 Å². The van der Waals surface area contributed by atoms with E-state index in [4.69, 9.17) is 9.84 Å². The molecule has 2 aromatic rings. The van der Waals surface area contributed by atoms with Crippen LogP contribution in [0.15, 0.2) is 48.5 Å². The Kier molecular flexibility index (Phi) is 4.70. The smallest absolute Gasteiger partial charge is 0.339 e. The molecule has 0 aliphatic carbocycles. The van der Waals surface area contributed by atoms with Gasteiger partial charge in [-0.05, 0) is 25.1 Å². The molecule has 0 spiro atoms. The minimum atomic E-state index is -1.25. The van der Waals surface area contributed by atoms with Gasteiger partial charge in [-0.3, -0.25) is 10.1 Å². The van der Waals surface area contributed by atoms with Crippen molar-refractivity contribution in [3.63, 3.8) is 0 Å². The van der Waals surface area contributed by atoms with Crippen LogP contribution in [0.2, 0.25) is 0 Å². The van der Waals surface area contributed by atoms with Crippen LogP contribution in [0.25, 0.3) is 0 Å². The van der Waals surface area contributed by atoms with Gasteiger partial charge in [0.1, 0.15) is 6.10 Å². The van der Waals surface area contributed by atoms with Gasteiger partial charge in [-0.25, -0.2) is 9.59 Å². The molecule has 0 bridgehead atoms. The maximum Gasteiger partial charge on any atom is 0.339 e. The number of hydrogen-bond donors (Lipinski definition) is 1. The number of carbonyl (C=O) groups excluding carboxylic acids is 1. The number of nitro benzene ring substituents is 1. The Bertz CT molecular complexity index is 771. The molecule has 7 nitrogen and oxygen atoms in total. The summed E-state index contributed by atoms with van der Waals surface area (Å²) in [5.74, 6) is -2.11. The van der Waals surface area contributed by atoms with Crippen LogP contribution in [-0.4, -0.2) is 22.0 Å². The maximum atomic E-state index is 12.2. The zero-order chi connectivity index (χ0) is 17.0. The summed E-state index contributed by atoms with van der Waals surface area (Å²) in [5.41, 5.74) is -0.226. The van der Waals surface area contributed by atoms with Gasteiger partial charge in [0.05, 0.1) is 21.6 Å². The predicted molar refractivity (Wildman–Crippen MR) is 80.3 cm³/mol. The first-order valence-corrected chi connectivity index (χ1v) is 6.68. The monoisotopic (exact) mass is 315 g/mol. The van der Waals surface area contributed by atoms with Crippen molar-refractivity contribution >= 4 is 17.6 Å². The Morgan fingerprint density at radius 1 is 1.09 bits per heavy atom. The van der Waals surface area contributed by atoms with E-state index < -0.39 is 23.0 Å². The minimum Gasteiger partial charge on any atom is -0.478 e. The summed E-state index contributed by atoms with van der Waals surface area (Å²) < 4.78 is 5.20. The Morgan fingerprint density at radius 3 is 2.26 bits per heavy atom. The first-order chi connectivity index (χ1) is 10.9. The average molecular weight is 315 g/mol. The van der Waals surface area contributed by atoms with Crippen LogP contribution in [0.4, 0.5) is 5.69 Å². The van der Waals surface area contributed by atoms with E-state index in [0.29, 0.717) is 0 Å². The number of nitro groups is 1. The van der Waals surface area contributed by atoms with E-state index >= 15 is 0 Å². The standard InChI is InChI=1S/C16H13NO6/c1-10(11-6-4-5-9-14(11)17(21)22)23-16(20)13-8-3-2-7-12(13)15(18)19/h2-10H,1H3,(H,18,19)/t10-/m0/s1. The number of benzene rings is 2. The van der Waals surface area contributed by atoms with E-state index in [1.54, 1.807) is 6.07 Å². The number of ether oxygens (including phenoxy) is 1. The topological polar surface area (TPSA) is 107 Å². The summed E-state index contributed by atoms with van der Waals surface area (Å²) in [6.07, 6.45) is -0.897. The number of nitrogens with zero attached hydrogens (tertiary/aromatic N) is 1. The lowest BCUT2D eigenvalue weighted by Gasteiger charge is -2.14. The van der Waals surface area contributed by atoms with E-state index in [1.165, 1.54) is 49.4 Å². The Balaban J connectivity index is 2.28. The Labute approximate surface area is 131 Å². The Morgan fingerprint density at radius 2 is 1.65 bits per heavy atom. The molecule has 0 aliphatic rings. The van der Waals surface area contributed by atoms with Crippen LogP contribution in [0.5, 0.6) is 0 Å². The molecular formula is C16H13NO6. The molecule has 2 aromatic carbocycles. The lowest BCUT2D eigenvalue weighted by molar-refractivity contribution is -0.386. The molecule has 1 atom stereocenters. The van der Waals surface area contributed by atoms with Crippen molar-refractivity contribution in [3.05, 3.63) is 75.3 Å². The third kappa shape index (κ3) is 3.52. The van der Waals surface area contributed by atoms with Crippen LogP contribution in [0.3, 0.4) is 0 Å². The van der Waals surface area contributed by atoms with Gasteiger partial charge in [-0.15, -0.1) is 0 Å². The molecular weight excluding hydrogens is 302 g/mol. The number of aromatic carboxylic acids is 1. The third-order valence-electron chi connectivity index (χ3n) is 3.23. The van der Waals surface area contributed by atoms with Gasteiger partial charge >= 0.3 is 11.9 Å². The second-order valence-electron chi connectivity index (χ2n) is 4.71. The quantitative estimate of drug-likeness (QED) is 0.516. The van der Waals surface area contributed by atoms with Gasteiger partial charge in [0.25, 0.3) is 5.69 Å². The second kappa shape index (κ2) is 6.69. The largest absolute Gasteiger partial charge is 0.478 e. The van der Waals surface area contributed by atoms with E-state index in [9.17, 15) is 19.7 Å². The highest BCUT2D eigenvalue weighted by Gasteiger charge is 2.24. The summed E-state index contributed by atoms with van der Waals surface area (Å²) in [6, 6.07) is 11.5. The molecule has 0 amide bonds. The Hall–Kier alpha value is -3.22. The fourth-order valence-corrected chi connectivity index (χ4v) is 2.13. The highest BCUT2D eigenvalue weighted by atomic mass is 16.6. The lowest BCUT2D eigenvalue weighted by Crippen LogP contribution is -2.14. The molecule has 118 valence electrons. The number of esters is 1. The summed E-state index contributed by atoms with van der Waals surface area (Å²) in [5, 5.41) is 20.1. The first-order valence-electron chi connectivity index (χ1n) is 6.68. The van der Waals surface area contributed by atoms with E-state index in [2.05, 4.69) is 0 Å². The molecule has 0 saturated carbocycles. The molecule has 7 heteroatoms.